The molecule has 1 atom stereocenters. The standard InChI is InChI=1S/C20H34N6O2.HI/c1-3-21-20(22-8-6-19(27)26-9-4-5-17(2)15-26)25-12-10-24(11-13-25)16-18-7-14-28-23-18;/h7,14,17H,3-6,8-13,15-16H2,1-2H3,(H,21,22);1H. The van der Waals surface area contributed by atoms with Crippen LogP contribution in [0.25, 0.3) is 0 Å². The van der Waals surface area contributed by atoms with Gasteiger partial charge in [0, 0.05) is 64.8 Å². The molecule has 1 unspecified atom stereocenters. The third-order valence-corrected chi connectivity index (χ3v) is 5.48. The van der Waals surface area contributed by atoms with Crippen LogP contribution in [0, 0.1) is 5.92 Å². The lowest BCUT2D eigenvalue weighted by Gasteiger charge is -2.36. The maximum Gasteiger partial charge on any atom is 0.224 e. The first kappa shape index (κ1) is 23.9. The van der Waals surface area contributed by atoms with Crippen molar-refractivity contribution in [2.24, 2.45) is 10.9 Å². The third kappa shape index (κ3) is 7.44. The molecular formula is C20H35IN6O2. The lowest BCUT2D eigenvalue weighted by atomic mass is 10.00. The minimum atomic E-state index is 0. The molecule has 2 fully saturated rings. The van der Waals surface area contributed by atoms with Gasteiger partial charge in [-0.05, 0) is 25.7 Å². The van der Waals surface area contributed by atoms with Crippen molar-refractivity contribution < 1.29 is 9.32 Å². The molecule has 2 aliphatic heterocycles. The first-order chi connectivity index (χ1) is 13.7. The number of rotatable bonds is 6. The van der Waals surface area contributed by atoms with E-state index in [-0.39, 0.29) is 29.9 Å². The lowest BCUT2D eigenvalue weighted by Crippen LogP contribution is -2.52. The second kappa shape index (κ2) is 12.4. The van der Waals surface area contributed by atoms with Crippen molar-refractivity contribution in [3.05, 3.63) is 18.0 Å². The zero-order chi connectivity index (χ0) is 19.8. The van der Waals surface area contributed by atoms with E-state index in [1.807, 2.05) is 11.0 Å². The van der Waals surface area contributed by atoms with E-state index < -0.39 is 0 Å². The Bertz CT molecular complexity index is 631. The first-order valence-corrected chi connectivity index (χ1v) is 10.6. The SMILES string of the molecule is CCNC(=NCCC(=O)N1CCCC(C)C1)N1CCN(Cc2ccon2)CC1.I. The fraction of sp³-hybridized carbons (Fsp3) is 0.750. The number of piperidine rings is 1. The number of likely N-dealkylation sites (tertiary alicyclic amines) is 1. The summed E-state index contributed by atoms with van der Waals surface area (Å²) in [6.07, 6.45) is 4.47. The van der Waals surface area contributed by atoms with Crippen molar-refractivity contribution >= 4 is 35.8 Å². The maximum atomic E-state index is 12.5. The predicted octanol–water partition coefficient (Wildman–Crippen LogP) is 2.02. The summed E-state index contributed by atoms with van der Waals surface area (Å²) >= 11 is 0. The van der Waals surface area contributed by atoms with Crippen LogP contribution in [0.4, 0.5) is 0 Å². The van der Waals surface area contributed by atoms with Crippen molar-refractivity contribution in [3.8, 4) is 0 Å². The summed E-state index contributed by atoms with van der Waals surface area (Å²) in [7, 11) is 0. The molecule has 3 rings (SSSR count). The van der Waals surface area contributed by atoms with Gasteiger partial charge >= 0.3 is 0 Å². The molecule has 1 aromatic rings. The van der Waals surface area contributed by atoms with Crippen LogP contribution in [0.2, 0.25) is 0 Å². The van der Waals surface area contributed by atoms with E-state index in [2.05, 4.69) is 34.1 Å². The molecule has 1 amide bonds. The number of nitrogens with zero attached hydrogens (tertiary/aromatic N) is 5. The van der Waals surface area contributed by atoms with Crippen LogP contribution in [0.5, 0.6) is 0 Å². The Hall–Kier alpha value is -1.36. The number of aliphatic imine (C=N–C) groups is 1. The second-order valence-corrected chi connectivity index (χ2v) is 7.83. The number of halogens is 1. The van der Waals surface area contributed by atoms with Gasteiger partial charge < -0.3 is 19.6 Å². The Labute approximate surface area is 191 Å². The van der Waals surface area contributed by atoms with Crippen LogP contribution in [0.15, 0.2) is 21.8 Å². The van der Waals surface area contributed by atoms with E-state index in [9.17, 15) is 4.79 Å². The topological polar surface area (TPSA) is 77.2 Å². The Kier molecular flexibility index (Phi) is 10.2. The molecule has 0 radical (unpaired) electrons. The van der Waals surface area contributed by atoms with Crippen molar-refractivity contribution in [2.45, 2.75) is 39.7 Å². The maximum absolute atomic E-state index is 12.5. The van der Waals surface area contributed by atoms with Gasteiger partial charge in [-0.2, -0.15) is 0 Å². The molecule has 164 valence electrons. The number of guanidine groups is 1. The summed E-state index contributed by atoms with van der Waals surface area (Å²) in [5, 5.41) is 7.37. The van der Waals surface area contributed by atoms with E-state index in [4.69, 9.17) is 9.52 Å². The van der Waals surface area contributed by atoms with Gasteiger partial charge in [0.2, 0.25) is 5.91 Å². The van der Waals surface area contributed by atoms with Crippen LogP contribution in [-0.2, 0) is 11.3 Å². The van der Waals surface area contributed by atoms with Gasteiger partial charge in [0.05, 0.1) is 12.2 Å². The molecule has 2 aliphatic rings. The number of piperazine rings is 1. The zero-order valence-electron chi connectivity index (χ0n) is 17.7. The minimum Gasteiger partial charge on any atom is -0.364 e. The molecule has 2 saturated heterocycles. The molecule has 9 heteroatoms. The summed E-state index contributed by atoms with van der Waals surface area (Å²) in [6, 6.07) is 1.91. The lowest BCUT2D eigenvalue weighted by molar-refractivity contribution is -0.132. The fourth-order valence-electron chi connectivity index (χ4n) is 3.92. The van der Waals surface area contributed by atoms with Gasteiger partial charge in [-0.3, -0.25) is 14.7 Å². The van der Waals surface area contributed by atoms with E-state index in [1.54, 1.807) is 6.26 Å². The van der Waals surface area contributed by atoms with Crippen LogP contribution >= 0.6 is 24.0 Å². The van der Waals surface area contributed by atoms with Crippen LogP contribution in [0.1, 0.15) is 38.8 Å². The van der Waals surface area contributed by atoms with Gasteiger partial charge in [-0.15, -0.1) is 24.0 Å². The predicted molar refractivity (Wildman–Crippen MR) is 124 cm³/mol. The highest BCUT2D eigenvalue weighted by molar-refractivity contribution is 14.0. The van der Waals surface area contributed by atoms with Gasteiger partial charge in [0.15, 0.2) is 5.96 Å². The van der Waals surface area contributed by atoms with Crippen molar-refractivity contribution in [3.63, 3.8) is 0 Å². The molecule has 0 spiro atoms. The van der Waals surface area contributed by atoms with Crippen LogP contribution in [0.3, 0.4) is 0 Å². The van der Waals surface area contributed by atoms with Gasteiger partial charge in [-0.25, -0.2) is 0 Å². The molecule has 0 aromatic carbocycles. The number of hydrogen-bond acceptors (Lipinski definition) is 5. The normalized spacial score (nSPS) is 21.0. The molecule has 0 bridgehead atoms. The zero-order valence-corrected chi connectivity index (χ0v) is 20.0. The number of hydrogen-bond donors (Lipinski definition) is 1. The highest BCUT2D eigenvalue weighted by atomic mass is 127. The number of carbonyl (C=O) groups is 1. The number of aromatic nitrogens is 1. The number of amides is 1. The summed E-state index contributed by atoms with van der Waals surface area (Å²) in [6.45, 7) is 12.1. The van der Waals surface area contributed by atoms with Crippen molar-refractivity contribution in [1.29, 1.82) is 0 Å². The summed E-state index contributed by atoms with van der Waals surface area (Å²) < 4.78 is 4.91. The summed E-state index contributed by atoms with van der Waals surface area (Å²) in [4.78, 5) is 23.9. The third-order valence-electron chi connectivity index (χ3n) is 5.48. The fourth-order valence-corrected chi connectivity index (χ4v) is 3.92. The first-order valence-electron chi connectivity index (χ1n) is 10.6. The quantitative estimate of drug-likeness (QED) is 0.353. The van der Waals surface area contributed by atoms with E-state index in [0.29, 0.717) is 18.9 Å². The number of carbonyl (C=O) groups excluding carboxylic acids is 1. The highest BCUT2D eigenvalue weighted by Gasteiger charge is 2.22. The Morgan fingerprint density at radius 1 is 1.28 bits per heavy atom. The summed E-state index contributed by atoms with van der Waals surface area (Å²) in [5.74, 6) is 1.78. The monoisotopic (exact) mass is 518 g/mol. The Morgan fingerprint density at radius 3 is 2.72 bits per heavy atom. The van der Waals surface area contributed by atoms with E-state index in [1.165, 1.54) is 6.42 Å². The minimum absolute atomic E-state index is 0. The smallest absolute Gasteiger partial charge is 0.224 e. The average Bonchev–Trinajstić information content (AvgIpc) is 3.21. The largest absolute Gasteiger partial charge is 0.364 e. The Morgan fingerprint density at radius 2 is 2.07 bits per heavy atom. The van der Waals surface area contributed by atoms with Gasteiger partial charge in [0.1, 0.15) is 6.26 Å². The van der Waals surface area contributed by atoms with E-state index in [0.717, 1.165) is 70.4 Å². The molecule has 29 heavy (non-hydrogen) atoms. The molecule has 1 N–H and O–H groups in total. The van der Waals surface area contributed by atoms with Crippen molar-refractivity contribution in [2.75, 3.05) is 52.4 Å². The number of nitrogens with one attached hydrogen (secondary N) is 1. The molecule has 0 saturated carbocycles. The highest BCUT2D eigenvalue weighted by Crippen LogP contribution is 2.16. The van der Waals surface area contributed by atoms with Gasteiger partial charge in [-0.1, -0.05) is 12.1 Å². The van der Waals surface area contributed by atoms with Crippen molar-refractivity contribution in [1.82, 2.24) is 25.2 Å². The molecule has 1 aromatic heterocycles. The molecule has 3 heterocycles. The molecular weight excluding hydrogens is 483 g/mol. The second-order valence-electron chi connectivity index (χ2n) is 7.83. The summed E-state index contributed by atoms with van der Waals surface area (Å²) in [5.41, 5.74) is 0.972. The van der Waals surface area contributed by atoms with Crippen LogP contribution < -0.4 is 5.32 Å². The average molecular weight is 518 g/mol. The van der Waals surface area contributed by atoms with E-state index >= 15 is 0 Å². The Balaban J connectivity index is 0.00000300. The molecule has 0 aliphatic carbocycles. The molecule has 8 nitrogen and oxygen atoms in total. The van der Waals surface area contributed by atoms with Crippen LogP contribution in [-0.4, -0.2) is 84.1 Å². The van der Waals surface area contributed by atoms with Gasteiger partial charge in [0.25, 0.3) is 0 Å².